The predicted molar refractivity (Wildman–Crippen MR) is 73.2 cm³/mol. The minimum Gasteiger partial charge on any atom is -0.481 e. The van der Waals surface area contributed by atoms with Crippen molar-refractivity contribution in [2.45, 2.75) is 32.1 Å². The summed E-state index contributed by atoms with van der Waals surface area (Å²) in [5, 5.41) is 9.05. The van der Waals surface area contributed by atoms with E-state index in [-0.39, 0.29) is 12.3 Å². The van der Waals surface area contributed by atoms with E-state index in [1.807, 2.05) is 37.3 Å². The molecule has 1 N–H and O–H groups in total. The maximum absolute atomic E-state index is 11.0. The maximum Gasteiger partial charge on any atom is 0.303 e. The van der Waals surface area contributed by atoms with Crippen LogP contribution < -0.4 is 0 Å². The summed E-state index contributed by atoms with van der Waals surface area (Å²) in [6, 6.07) is 11.8. The van der Waals surface area contributed by atoms with Gasteiger partial charge in [-0.15, -0.1) is 0 Å². The molecule has 0 saturated carbocycles. The summed E-state index contributed by atoms with van der Waals surface area (Å²) in [6.45, 7) is 2.02. The Labute approximate surface area is 112 Å². The topological polar surface area (TPSA) is 50.4 Å². The fourth-order valence-corrected chi connectivity index (χ4v) is 2.29. The Morgan fingerprint density at radius 1 is 1.32 bits per heavy atom. The van der Waals surface area contributed by atoms with Crippen molar-refractivity contribution >= 4 is 5.97 Å². The molecular formula is C16H18O3. The molecule has 0 saturated heterocycles. The van der Waals surface area contributed by atoms with E-state index in [2.05, 4.69) is 6.07 Å². The first-order valence-corrected chi connectivity index (χ1v) is 6.46. The molecule has 1 aromatic heterocycles. The summed E-state index contributed by atoms with van der Waals surface area (Å²) >= 11 is 0. The Morgan fingerprint density at radius 2 is 2.16 bits per heavy atom. The average molecular weight is 258 g/mol. The lowest BCUT2D eigenvalue weighted by atomic mass is 9.90. The molecule has 2 aromatic rings. The van der Waals surface area contributed by atoms with Crippen molar-refractivity contribution in [2.75, 3.05) is 0 Å². The third kappa shape index (κ3) is 3.98. The van der Waals surface area contributed by atoms with Crippen LogP contribution in [0.1, 0.15) is 35.6 Å². The van der Waals surface area contributed by atoms with Gasteiger partial charge in [0.25, 0.3) is 0 Å². The monoisotopic (exact) mass is 258 g/mol. The second-order valence-electron chi connectivity index (χ2n) is 4.83. The van der Waals surface area contributed by atoms with Gasteiger partial charge in [0.05, 0.1) is 12.7 Å². The van der Waals surface area contributed by atoms with E-state index in [1.54, 1.807) is 6.26 Å². The highest BCUT2D eigenvalue weighted by molar-refractivity contribution is 5.68. The van der Waals surface area contributed by atoms with Crippen molar-refractivity contribution in [3.05, 3.63) is 59.5 Å². The van der Waals surface area contributed by atoms with Gasteiger partial charge < -0.3 is 9.52 Å². The molecule has 0 amide bonds. The molecule has 100 valence electrons. The zero-order chi connectivity index (χ0) is 13.7. The number of carboxylic acid groups (broad SMARTS) is 1. The number of hydrogen-bond donors (Lipinski definition) is 1. The third-order valence-electron chi connectivity index (χ3n) is 3.25. The minimum atomic E-state index is -0.758. The summed E-state index contributed by atoms with van der Waals surface area (Å²) in [6.07, 6.45) is 3.35. The molecule has 19 heavy (non-hydrogen) atoms. The van der Waals surface area contributed by atoms with Gasteiger partial charge in [-0.1, -0.05) is 29.8 Å². The Morgan fingerprint density at radius 3 is 2.79 bits per heavy atom. The van der Waals surface area contributed by atoms with Crippen molar-refractivity contribution in [2.24, 2.45) is 0 Å². The van der Waals surface area contributed by atoms with Crippen LogP contribution in [0.15, 0.2) is 47.1 Å². The van der Waals surface area contributed by atoms with Gasteiger partial charge in [0.2, 0.25) is 0 Å². The van der Waals surface area contributed by atoms with Gasteiger partial charge in [0.1, 0.15) is 5.76 Å². The van der Waals surface area contributed by atoms with Gasteiger partial charge >= 0.3 is 5.97 Å². The molecule has 1 heterocycles. The fourth-order valence-electron chi connectivity index (χ4n) is 2.29. The first-order chi connectivity index (χ1) is 9.15. The molecule has 0 aliphatic heterocycles. The first-order valence-electron chi connectivity index (χ1n) is 6.46. The zero-order valence-electron chi connectivity index (χ0n) is 11.0. The summed E-state index contributed by atoms with van der Waals surface area (Å²) in [5.41, 5.74) is 2.25. The fraction of sp³-hybridized carbons (Fsp3) is 0.312. The molecule has 3 heteroatoms. The van der Waals surface area contributed by atoms with Crippen LogP contribution in [0.25, 0.3) is 0 Å². The van der Waals surface area contributed by atoms with Gasteiger partial charge in [-0.05, 0) is 37.0 Å². The number of furan rings is 1. The van der Waals surface area contributed by atoms with Crippen molar-refractivity contribution in [1.82, 2.24) is 0 Å². The number of carboxylic acids is 1. The summed E-state index contributed by atoms with van der Waals surface area (Å²) in [4.78, 5) is 11.0. The van der Waals surface area contributed by atoms with E-state index in [1.165, 1.54) is 0 Å². The lowest BCUT2D eigenvalue weighted by Crippen LogP contribution is -2.07. The summed E-state index contributed by atoms with van der Waals surface area (Å²) in [5.74, 6) is 0.177. The van der Waals surface area contributed by atoms with E-state index in [0.717, 1.165) is 29.7 Å². The molecule has 0 aliphatic rings. The molecule has 0 spiro atoms. The van der Waals surface area contributed by atoms with E-state index < -0.39 is 5.97 Å². The highest BCUT2D eigenvalue weighted by Crippen LogP contribution is 2.26. The Kier molecular flexibility index (Phi) is 4.39. The number of benzene rings is 1. The number of rotatable bonds is 6. The van der Waals surface area contributed by atoms with Crippen LogP contribution >= 0.6 is 0 Å². The molecule has 1 aromatic carbocycles. The molecule has 1 atom stereocenters. The molecule has 0 radical (unpaired) electrons. The van der Waals surface area contributed by atoms with Gasteiger partial charge in [0.15, 0.2) is 0 Å². The van der Waals surface area contributed by atoms with Crippen LogP contribution in [-0.4, -0.2) is 11.1 Å². The number of hydrogen-bond acceptors (Lipinski definition) is 2. The third-order valence-corrected chi connectivity index (χ3v) is 3.25. The highest BCUT2D eigenvalue weighted by Gasteiger charge is 2.16. The Hall–Kier alpha value is -2.03. The van der Waals surface area contributed by atoms with Crippen molar-refractivity contribution in [3.8, 4) is 0 Å². The van der Waals surface area contributed by atoms with E-state index in [0.29, 0.717) is 0 Å². The second kappa shape index (κ2) is 6.23. The Balaban J connectivity index is 2.09. The van der Waals surface area contributed by atoms with Crippen LogP contribution in [0, 0.1) is 6.92 Å². The van der Waals surface area contributed by atoms with Gasteiger partial charge in [-0.2, -0.15) is 0 Å². The quantitative estimate of drug-likeness (QED) is 0.857. The van der Waals surface area contributed by atoms with Crippen LogP contribution in [-0.2, 0) is 11.2 Å². The van der Waals surface area contributed by atoms with E-state index in [9.17, 15) is 4.79 Å². The van der Waals surface area contributed by atoms with Crippen LogP contribution in [0.3, 0.4) is 0 Å². The standard InChI is InChI=1S/C16H18O3/c1-12-4-2-5-13(10-12)14(11-16(17)18)7-8-15-6-3-9-19-15/h2-6,9-10,14H,7-8,11H2,1H3,(H,17,18). The van der Waals surface area contributed by atoms with E-state index in [4.69, 9.17) is 9.52 Å². The lowest BCUT2D eigenvalue weighted by Gasteiger charge is -2.15. The molecule has 0 fully saturated rings. The van der Waals surface area contributed by atoms with Gasteiger partial charge in [-0.25, -0.2) is 0 Å². The van der Waals surface area contributed by atoms with Gasteiger partial charge in [-0.3, -0.25) is 4.79 Å². The highest BCUT2D eigenvalue weighted by atomic mass is 16.4. The number of aliphatic carboxylic acids is 1. The molecular weight excluding hydrogens is 240 g/mol. The normalized spacial score (nSPS) is 12.3. The maximum atomic E-state index is 11.0. The van der Waals surface area contributed by atoms with Crippen LogP contribution in [0.5, 0.6) is 0 Å². The number of carbonyl (C=O) groups is 1. The Bertz CT molecular complexity index is 529. The van der Waals surface area contributed by atoms with Crippen molar-refractivity contribution in [3.63, 3.8) is 0 Å². The largest absolute Gasteiger partial charge is 0.481 e. The SMILES string of the molecule is Cc1cccc(C(CCc2ccco2)CC(=O)O)c1. The predicted octanol–water partition coefficient (Wildman–Crippen LogP) is 3.78. The van der Waals surface area contributed by atoms with Crippen molar-refractivity contribution in [1.29, 1.82) is 0 Å². The average Bonchev–Trinajstić information content (AvgIpc) is 2.87. The van der Waals surface area contributed by atoms with Crippen LogP contribution in [0.4, 0.5) is 0 Å². The minimum absolute atomic E-state index is 0.0301. The first kappa shape index (κ1) is 13.4. The smallest absolute Gasteiger partial charge is 0.303 e. The molecule has 1 unspecified atom stereocenters. The van der Waals surface area contributed by atoms with E-state index >= 15 is 0 Å². The summed E-state index contributed by atoms with van der Waals surface area (Å²) < 4.78 is 5.30. The zero-order valence-corrected chi connectivity index (χ0v) is 11.0. The molecule has 2 rings (SSSR count). The lowest BCUT2D eigenvalue weighted by molar-refractivity contribution is -0.137. The summed E-state index contributed by atoms with van der Waals surface area (Å²) in [7, 11) is 0. The number of aryl methyl sites for hydroxylation is 2. The molecule has 0 bridgehead atoms. The van der Waals surface area contributed by atoms with Crippen molar-refractivity contribution < 1.29 is 14.3 Å². The van der Waals surface area contributed by atoms with Crippen LogP contribution in [0.2, 0.25) is 0 Å². The second-order valence-corrected chi connectivity index (χ2v) is 4.83. The molecule has 3 nitrogen and oxygen atoms in total. The molecule has 0 aliphatic carbocycles. The van der Waals surface area contributed by atoms with Gasteiger partial charge in [0, 0.05) is 6.42 Å².